The lowest BCUT2D eigenvalue weighted by atomic mass is 10.2. The molecule has 1 N–H and O–H groups in total. The Kier molecular flexibility index (Phi) is 5.58. The van der Waals surface area contributed by atoms with Crippen LogP contribution >= 0.6 is 0 Å². The van der Waals surface area contributed by atoms with Gasteiger partial charge in [-0.25, -0.2) is 0 Å². The molecule has 21 heavy (non-hydrogen) atoms. The fourth-order valence-corrected chi connectivity index (χ4v) is 2.24. The lowest BCUT2D eigenvalue weighted by molar-refractivity contribution is 0.415. The summed E-state index contributed by atoms with van der Waals surface area (Å²) >= 11 is 0. The molecule has 0 radical (unpaired) electrons. The van der Waals surface area contributed by atoms with Crippen LogP contribution in [0.4, 0.5) is 11.4 Å². The minimum atomic E-state index is 0.825. The van der Waals surface area contributed by atoms with Crippen LogP contribution in [0.5, 0.6) is 5.75 Å². The van der Waals surface area contributed by atoms with Gasteiger partial charge >= 0.3 is 0 Å². The second kappa shape index (κ2) is 7.64. The lowest BCUT2D eigenvalue weighted by Gasteiger charge is -2.23. The third kappa shape index (κ3) is 3.95. The van der Waals surface area contributed by atoms with E-state index in [1.165, 1.54) is 5.56 Å². The second-order valence-electron chi connectivity index (χ2n) is 4.94. The first-order valence-corrected chi connectivity index (χ1v) is 7.27. The molecule has 0 saturated heterocycles. The van der Waals surface area contributed by atoms with Gasteiger partial charge in [-0.15, -0.1) is 0 Å². The number of nitrogens with zero attached hydrogens (tertiary/aromatic N) is 2. The first-order chi connectivity index (χ1) is 10.3. The maximum absolute atomic E-state index is 5.30. The van der Waals surface area contributed by atoms with Crippen molar-refractivity contribution in [2.75, 3.05) is 25.6 Å². The summed E-state index contributed by atoms with van der Waals surface area (Å²) in [6.07, 6.45) is 4.88. The molecule has 0 aliphatic rings. The molecule has 1 aromatic heterocycles. The van der Waals surface area contributed by atoms with Crippen LogP contribution in [-0.2, 0) is 6.54 Å². The SMILES string of the molecule is CCCNCc1cnccc1N(C)c1cccc(OC)c1. The molecule has 0 saturated carbocycles. The van der Waals surface area contributed by atoms with E-state index in [9.17, 15) is 0 Å². The van der Waals surface area contributed by atoms with E-state index < -0.39 is 0 Å². The van der Waals surface area contributed by atoms with Crippen molar-refractivity contribution in [2.45, 2.75) is 19.9 Å². The van der Waals surface area contributed by atoms with Crippen LogP contribution < -0.4 is 15.0 Å². The second-order valence-corrected chi connectivity index (χ2v) is 4.94. The van der Waals surface area contributed by atoms with Gasteiger partial charge in [0.25, 0.3) is 0 Å². The predicted molar refractivity (Wildman–Crippen MR) is 87.3 cm³/mol. The molecule has 1 heterocycles. The minimum absolute atomic E-state index is 0.825. The average molecular weight is 285 g/mol. The van der Waals surface area contributed by atoms with Crippen LogP contribution in [0.25, 0.3) is 0 Å². The van der Waals surface area contributed by atoms with E-state index in [-0.39, 0.29) is 0 Å². The number of rotatable bonds is 7. The van der Waals surface area contributed by atoms with Crippen molar-refractivity contribution in [3.63, 3.8) is 0 Å². The number of aromatic nitrogens is 1. The Hall–Kier alpha value is -2.07. The number of methoxy groups -OCH3 is 1. The third-order valence-corrected chi connectivity index (χ3v) is 3.42. The average Bonchev–Trinajstić information content (AvgIpc) is 2.55. The van der Waals surface area contributed by atoms with E-state index in [1.54, 1.807) is 7.11 Å². The highest BCUT2D eigenvalue weighted by Gasteiger charge is 2.09. The van der Waals surface area contributed by atoms with Gasteiger partial charge in [-0.2, -0.15) is 0 Å². The lowest BCUT2D eigenvalue weighted by Crippen LogP contribution is -2.18. The van der Waals surface area contributed by atoms with Crippen molar-refractivity contribution < 1.29 is 4.74 Å². The summed E-state index contributed by atoms with van der Waals surface area (Å²) in [6, 6.07) is 10.1. The van der Waals surface area contributed by atoms with E-state index in [2.05, 4.69) is 35.2 Å². The molecule has 1 aromatic carbocycles. The third-order valence-electron chi connectivity index (χ3n) is 3.42. The smallest absolute Gasteiger partial charge is 0.120 e. The first-order valence-electron chi connectivity index (χ1n) is 7.27. The zero-order valence-corrected chi connectivity index (χ0v) is 13.0. The maximum Gasteiger partial charge on any atom is 0.120 e. The summed E-state index contributed by atoms with van der Waals surface area (Å²) in [5, 5.41) is 3.43. The largest absolute Gasteiger partial charge is 0.497 e. The molecule has 112 valence electrons. The molecular formula is C17H23N3O. The van der Waals surface area contributed by atoms with Gasteiger partial charge in [0.1, 0.15) is 5.75 Å². The fraction of sp³-hybridized carbons (Fsp3) is 0.353. The van der Waals surface area contributed by atoms with Gasteiger partial charge in [-0.1, -0.05) is 13.0 Å². The van der Waals surface area contributed by atoms with E-state index in [0.29, 0.717) is 0 Å². The molecule has 0 bridgehead atoms. The van der Waals surface area contributed by atoms with Crippen LogP contribution in [0, 0.1) is 0 Å². The number of benzene rings is 1. The number of ether oxygens (including phenoxy) is 1. The molecule has 0 unspecified atom stereocenters. The van der Waals surface area contributed by atoms with E-state index in [4.69, 9.17) is 4.74 Å². The summed E-state index contributed by atoms with van der Waals surface area (Å²) in [4.78, 5) is 6.40. The van der Waals surface area contributed by atoms with Gasteiger partial charge in [-0.3, -0.25) is 4.98 Å². The van der Waals surface area contributed by atoms with Crippen LogP contribution in [-0.4, -0.2) is 25.7 Å². The normalized spacial score (nSPS) is 10.4. The zero-order valence-electron chi connectivity index (χ0n) is 13.0. The minimum Gasteiger partial charge on any atom is -0.497 e. The summed E-state index contributed by atoms with van der Waals surface area (Å²) in [5.74, 6) is 0.860. The number of pyridine rings is 1. The molecule has 4 nitrogen and oxygen atoms in total. The van der Waals surface area contributed by atoms with E-state index in [0.717, 1.165) is 36.6 Å². The zero-order chi connectivity index (χ0) is 15.1. The van der Waals surface area contributed by atoms with Crippen molar-refractivity contribution in [3.05, 3.63) is 48.3 Å². The molecule has 0 atom stereocenters. The molecule has 2 aromatic rings. The fourth-order valence-electron chi connectivity index (χ4n) is 2.24. The van der Waals surface area contributed by atoms with Crippen LogP contribution in [0.3, 0.4) is 0 Å². The molecule has 0 amide bonds. The highest BCUT2D eigenvalue weighted by molar-refractivity contribution is 5.66. The van der Waals surface area contributed by atoms with E-state index in [1.807, 2.05) is 36.7 Å². The Bertz CT molecular complexity index is 571. The van der Waals surface area contributed by atoms with Crippen LogP contribution in [0.1, 0.15) is 18.9 Å². The van der Waals surface area contributed by atoms with Crippen LogP contribution in [0.2, 0.25) is 0 Å². The summed E-state index contributed by atoms with van der Waals surface area (Å²) in [6.45, 7) is 4.00. The monoisotopic (exact) mass is 285 g/mol. The quantitative estimate of drug-likeness (QED) is 0.792. The molecule has 0 aliphatic heterocycles. The maximum atomic E-state index is 5.30. The Balaban J connectivity index is 2.23. The van der Waals surface area contributed by atoms with Crippen molar-refractivity contribution in [2.24, 2.45) is 0 Å². The number of anilines is 2. The van der Waals surface area contributed by atoms with Crippen molar-refractivity contribution in [1.29, 1.82) is 0 Å². The standard InChI is InChI=1S/C17H23N3O/c1-4-9-18-12-14-13-19-10-8-17(14)20(2)15-6-5-7-16(11-15)21-3/h5-8,10-11,13,18H,4,9,12H2,1-3H3. The molecular weight excluding hydrogens is 262 g/mol. The van der Waals surface area contributed by atoms with Crippen LogP contribution in [0.15, 0.2) is 42.7 Å². The Labute approximate surface area is 126 Å². The van der Waals surface area contributed by atoms with Crippen molar-refractivity contribution in [3.8, 4) is 5.75 Å². The summed E-state index contributed by atoms with van der Waals surface area (Å²) in [7, 11) is 3.75. The number of hydrogen-bond acceptors (Lipinski definition) is 4. The molecule has 2 rings (SSSR count). The highest BCUT2D eigenvalue weighted by Crippen LogP contribution is 2.28. The van der Waals surface area contributed by atoms with Gasteiger partial charge in [-0.05, 0) is 31.2 Å². The Morgan fingerprint density at radius 2 is 2.14 bits per heavy atom. The van der Waals surface area contributed by atoms with Gasteiger partial charge in [0.15, 0.2) is 0 Å². The van der Waals surface area contributed by atoms with Crippen molar-refractivity contribution in [1.82, 2.24) is 10.3 Å². The summed E-state index contributed by atoms with van der Waals surface area (Å²) < 4.78 is 5.30. The molecule has 0 aliphatic carbocycles. The van der Waals surface area contributed by atoms with E-state index >= 15 is 0 Å². The number of nitrogens with one attached hydrogen (secondary N) is 1. The molecule has 0 spiro atoms. The van der Waals surface area contributed by atoms with Gasteiger partial charge in [0, 0.05) is 49.0 Å². The highest BCUT2D eigenvalue weighted by atomic mass is 16.5. The Morgan fingerprint density at radius 3 is 2.90 bits per heavy atom. The first kappa shape index (κ1) is 15.3. The predicted octanol–water partition coefficient (Wildman–Crippen LogP) is 3.36. The number of hydrogen-bond donors (Lipinski definition) is 1. The van der Waals surface area contributed by atoms with Gasteiger partial charge in [0.2, 0.25) is 0 Å². The van der Waals surface area contributed by atoms with Crippen molar-refractivity contribution >= 4 is 11.4 Å². The topological polar surface area (TPSA) is 37.4 Å². The van der Waals surface area contributed by atoms with Gasteiger partial charge < -0.3 is 15.0 Å². The molecule has 4 heteroatoms. The summed E-state index contributed by atoms with van der Waals surface area (Å²) in [5.41, 5.74) is 3.44. The molecule has 0 fully saturated rings. The Morgan fingerprint density at radius 1 is 1.29 bits per heavy atom. The van der Waals surface area contributed by atoms with Gasteiger partial charge in [0.05, 0.1) is 7.11 Å².